The van der Waals surface area contributed by atoms with Crippen LogP contribution >= 0.6 is 23.7 Å². The predicted molar refractivity (Wildman–Crippen MR) is 59.1 cm³/mol. The molecule has 0 aliphatic rings. The molecule has 7 heteroatoms. The SMILES string of the molecule is Cc1nc(Cc2nc(CN)no2)cs1.Cl. The first kappa shape index (κ1) is 12.1. The van der Waals surface area contributed by atoms with Crippen LogP contribution < -0.4 is 5.73 Å². The highest BCUT2D eigenvalue weighted by molar-refractivity contribution is 7.09. The van der Waals surface area contributed by atoms with Crippen molar-refractivity contribution in [3.8, 4) is 0 Å². The van der Waals surface area contributed by atoms with Gasteiger partial charge in [-0.3, -0.25) is 0 Å². The normalized spacial score (nSPS) is 10.0. The van der Waals surface area contributed by atoms with Gasteiger partial charge < -0.3 is 10.3 Å². The van der Waals surface area contributed by atoms with E-state index in [1.54, 1.807) is 11.3 Å². The summed E-state index contributed by atoms with van der Waals surface area (Å²) in [5, 5.41) is 6.73. The van der Waals surface area contributed by atoms with Gasteiger partial charge in [-0.25, -0.2) is 4.98 Å². The van der Waals surface area contributed by atoms with Gasteiger partial charge in [0, 0.05) is 5.38 Å². The largest absolute Gasteiger partial charge is 0.339 e. The Labute approximate surface area is 97.1 Å². The highest BCUT2D eigenvalue weighted by Gasteiger charge is 2.07. The van der Waals surface area contributed by atoms with Crippen molar-refractivity contribution in [2.45, 2.75) is 19.9 Å². The number of hydrogen-bond acceptors (Lipinski definition) is 6. The van der Waals surface area contributed by atoms with Gasteiger partial charge in [0.1, 0.15) is 0 Å². The van der Waals surface area contributed by atoms with Crippen LogP contribution in [-0.2, 0) is 13.0 Å². The number of nitrogens with two attached hydrogens (primary N) is 1. The molecule has 0 unspecified atom stereocenters. The molecule has 0 bridgehead atoms. The molecule has 0 aromatic carbocycles. The molecule has 0 radical (unpaired) electrons. The van der Waals surface area contributed by atoms with Gasteiger partial charge in [0.2, 0.25) is 5.89 Å². The highest BCUT2D eigenvalue weighted by Crippen LogP contribution is 2.11. The van der Waals surface area contributed by atoms with Crippen molar-refractivity contribution < 1.29 is 4.52 Å². The van der Waals surface area contributed by atoms with Gasteiger partial charge in [0.05, 0.1) is 23.7 Å². The summed E-state index contributed by atoms with van der Waals surface area (Å²) in [5.41, 5.74) is 6.32. The third-order valence-electron chi connectivity index (χ3n) is 1.69. The van der Waals surface area contributed by atoms with Gasteiger partial charge in [-0.15, -0.1) is 23.7 Å². The maximum atomic E-state index is 5.36. The van der Waals surface area contributed by atoms with Gasteiger partial charge >= 0.3 is 0 Å². The molecule has 2 rings (SSSR count). The van der Waals surface area contributed by atoms with E-state index in [0.29, 0.717) is 24.7 Å². The first-order valence-electron chi connectivity index (χ1n) is 4.20. The summed E-state index contributed by atoms with van der Waals surface area (Å²) in [7, 11) is 0. The first-order valence-corrected chi connectivity index (χ1v) is 5.08. The lowest BCUT2D eigenvalue weighted by Gasteiger charge is -1.87. The molecule has 0 atom stereocenters. The monoisotopic (exact) mass is 246 g/mol. The summed E-state index contributed by atoms with van der Waals surface area (Å²) in [6.07, 6.45) is 0.581. The van der Waals surface area contributed by atoms with Crippen LogP contribution in [0.2, 0.25) is 0 Å². The third-order valence-corrected chi connectivity index (χ3v) is 2.51. The average Bonchev–Trinajstić information content (AvgIpc) is 2.76. The Morgan fingerprint density at radius 2 is 2.27 bits per heavy atom. The fourth-order valence-electron chi connectivity index (χ4n) is 1.09. The van der Waals surface area contributed by atoms with Gasteiger partial charge in [-0.05, 0) is 6.92 Å². The number of hydrogen-bond donors (Lipinski definition) is 1. The second-order valence-electron chi connectivity index (χ2n) is 2.84. The zero-order valence-corrected chi connectivity index (χ0v) is 9.77. The molecule has 0 saturated carbocycles. The van der Waals surface area contributed by atoms with Crippen molar-refractivity contribution in [1.29, 1.82) is 0 Å². The van der Waals surface area contributed by atoms with E-state index in [1.165, 1.54) is 0 Å². The molecule has 2 aromatic heterocycles. The summed E-state index contributed by atoms with van der Waals surface area (Å²) in [6.45, 7) is 2.27. The summed E-state index contributed by atoms with van der Waals surface area (Å²) in [6, 6.07) is 0. The fourth-order valence-corrected chi connectivity index (χ4v) is 1.70. The molecule has 0 fully saturated rings. The van der Waals surface area contributed by atoms with Crippen LogP contribution in [0, 0.1) is 6.92 Å². The molecule has 2 N–H and O–H groups in total. The zero-order chi connectivity index (χ0) is 9.97. The van der Waals surface area contributed by atoms with Crippen LogP contribution in [0.5, 0.6) is 0 Å². The van der Waals surface area contributed by atoms with Crippen molar-refractivity contribution in [2.24, 2.45) is 5.73 Å². The number of aryl methyl sites for hydroxylation is 1. The van der Waals surface area contributed by atoms with Crippen LogP contribution in [0.25, 0.3) is 0 Å². The van der Waals surface area contributed by atoms with Gasteiger partial charge in [0.15, 0.2) is 5.82 Å². The molecular weight excluding hydrogens is 236 g/mol. The molecular formula is C8H11ClN4OS. The Morgan fingerprint density at radius 1 is 1.47 bits per heavy atom. The van der Waals surface area contributed by atoms with Gasteiger partial charge in [0.25, 0.3) is 0 Å². The number of nitrogens with zero attached hydrogens (tertiary/aromatic N) is 3. The summed E-state index contributed by atoms with van der Waals surface area (Å²) in [5.74, 6) is 1.10. The Morgan fingerprint density at radius 3 is 2.80 bits per heavy atom. The van der Waals surface area contributed by atoms with E-state index in [-0.39, 0.29) is 12.4 Å². The van der Waals surface area contributed by atoms with E-state index in [0.717, 1.165) is 10.7 Å². The second kappa shape index (κ2) is 5.20. The van der Waals surface area contributed by atoms with E-state index in [2.05, 4.69) is 15.1 Å². The Hall–Kier alpha value is -0.980. The highest BCUT2D eigenvalue weighted by atomic mass is 35.5. The average molecular weight is 247 g/mol. The molecule has 0 spiro atoms. The van der Waals surface area contributed by atoms with E-state index in [1.807, 2.05) is 12.3 Å². The van der Waals surface area contributed by atoms with Crippen molar-refractivity contribution in [1.82, 2.24) is 15.1 Å². The molecule has 0 saturated heterocycles. The number of rotatable bonds is 3. The van der Waals surface area contributed by atoms with E-state index < -0.39 is 0 Å². The minimum absolute atomic E-state index is 0. The van der Waals surface area contributed by atoms with Crippen LogP contribution in [0.4, 0.5) is 0 Å². The number of halogens is 1. The van der Waals surface area contributed by atoms with Crippen molar-refractivity contribution in [2.75, 3.05) is 0 Å². The zero-order valence-electron chi connectivity index (χ0n) is 8.14. The molecule has 2 aromatic rings. The fraction of sp³-hybridized carbons (Fsp3) is 0.375. The van der Waals surface area contributed by atoms with E-state index in [9.17, 15) is 0 Å². The second-order valence-corrected chi connectivity index (χ2v) is 3.91. The maximum absolute atomic E-state index is 5.36. The number of thiazole rings is 1. The first-order chi connectivity index (χ1) is 6.78. The van der Waals surface area contributed by atoms with Crippen molar-refractivity contribution in [3.05, 3.63) is 27.8 Å². The standard InChI is InChI=1S/C8H10N4OS.ClH/c1-5-10-6(4-14-5)2-8-11-7(3-9)12-13-8;/h4H,2-3,9H2,1H3;1H. The minimum Gasteiger partial charge on any atom is -0.339 e. The maximum Gasteiger partial charge on any atom is 0.232 e. The van der Waals surface area contributed by atoms with E-state index in [4.69, 9.17) is 10.3 Å². The Kier molecular flexibility index (Phi) is 4.19. The molecule has 2 heterocycles. The topological polar surface area (TPSA) is 77.8 Å². The summed E-state index contributed by atoms with van der Waals surface area (Å²) < 4.78 is 4.99. The lowest BCUT2D eigenvalue weighted by atomic mass is 10.3. The van der Waals surface area contributed by atoms with Gasteiger partial charge in [-0.2, -0.15) is 4.98 Å². The smallest absolute Gasteiger partial charge is 0.232 e. The van der Waals surface area contributed by atoms with E-state index >= 15 is 0 Å². The lowest BCUT2D eigenvalue weighted by molar-refractivity contribution is 0.379. The summed E-state index contributed by atoms with van der Waals surface area (Å²) in [4.78, 5) is 8.40. The Balaban J connectivity index is 0.00000112. The molecule has 0 aliphatic carbocycles. The van der Waals surface area contributed by atoms with Crippen molar-refractivity contribution >= 4 is 23.7 Å². The minimum atomic E-state index is 0. The van der Waals surface area contributed by atoms with Crippen molar-refractivity contribution in [3.63, 3.8) is 0 Å². The Bertz CT molecular complexity index is 428. The summed E-state index contributed by atoms with van der Waals surface area (Å²) >= 11 is 1.61. The quantitative estimate of drug-likeness (QED) is 0.883. The van der Waals surface area contributed by atoms with Crippen LogP contribution in [-0.4, -0.2) is 15.1 Å². The molecule has 15 heavy (non-hydrogen) atoms. The molecule has 5 nitrogen and oxygen atoms in total. The number of aromatic nitrogens is 3. The van der Waals surface area contributed by atoms with Crippen LogP contribution in [0.1, 0.15) is 22.4 Å². The molecule has 0 aliphatic heterocycles. The third kappa shape index (κ3) is 2.98. The molecule has 82 valence electrons. The van der Waals surface area contributed by atoms with Crippen LogP contribution in [0.3, 0.4) is 0 Å². The molecule has 0 amide bonds. The lowest BCUT2D eigenvalue weighted by Crippen LogP contribution is -1.98. The van der Waals surface area contributed by atoms with Gasteiger partial charge in [-0.1, -0.05) is 5.16 Å². The van der Waals surface area contributed by atoms with Crippen LogP contribution in [0.15, 0.2) is 9.90 Å². The predicted octanol–water partition coefficient (Wildman–Crippen LogP) is 1.31.